The van der Waals surface area contributed by atoms with Gasteiger partial charge in [-0.2, -0.15) is 0 Å². The Morgan fingerprint density at radius 3 is 2.75 bits per heavy atom. The van der Waals surface area contributed by atoms with E-state index in [0.29, 0.717) is 12.5 Å². The Bertz CT molecular complexity index is 512. The Balaban J connectivity index is 2.11. The van der Waals surface area contributed by atoms with Crippen molar-refractivity contribution in [2.75, 3.05) is 11.9 Å². The molecule has 0 radical (unpaired) electrons. The fraction of sp³-hybridized carbons (Fsp3) is 0.500. The Morgan fingerprint density at radius 1 is 1.50 bits per heavy atom. The summed E-state index contributed by atoms with van der Waals surface area (Å²) in [5.41, 5.74) is 0.0856. The molecule has 2 rings (SSSR count). The summed E-state index contributed by atoms with van der Waals surface area (Å²) in [5, 5.41) is 11.7. The highest BCUT2D eigenvalue weighted by Crippen LogP contribution is 2.30. The highest BCUT2D eigenvalue weighted by atomic mass is 16.4. The molecule has 20 heavy (non-hydrogen) atoms. The van der Waals surface area contributed by atoms with Crippen LogP contribution < -0.4 is 5.32 Å². The minimum absolute atomic E-state index is 0.0700. The van der Waals surface area contributed by atoms with E-state index in [9.17, 15) is 9.59 Å². The van der Waals surface area contributed by atoms with Gasteiger partial charge in [0.2, 0.25) is 0 Å². The number of carboxylic acid groups (broad SMARTS) is 1. The predicted octanol–water partition coefficient (Wildman–Crippen LogP) is 2.43. The molecule has 0 spiro atoms. The van der Waals surface area contributed by atoms with Crippen molar-refractivity contribution in [3.05, 3.63) is 24.0 Å². The predicted molar refractivity (Wildman–Crippen MR) is 74.8 cm³/mol. The maximum Gasteiger partial charge on any atom is 0.356 e. The maximum absolute atomic E-state index is 12.3. The van der Waals surface area contributed by atoms with E-state index < -0.39 is 5.97 Å². The summed E-state index contributed by atoms with van der Waals surface area (Å²) in [4.78, 5) is 28.9. The standard InChI is InChI=1S/C14H19N3O3/c1-9(2)17(8-10-5-6-10)14(20)16-11-4-3-7-15-12(11)13(18)19/h3-4,7,9-10H,5-6,8H2,1-2H3,(H,16,20)(H,18,19). The van der Waals surface area contributed by atoms with Crippen LogP contribution in [-0.2, 0) is 0 Å². The fourth-order valence-electron chi connectivity index (χ4n) is 1.97. The van der Waals surface area contributed by atoms with Crippen molar-refractivity contribution in [2.45, 2.75) is 32.7 Å². The van der Waals surface area contributed by atoms with Gasteiger partial charge in [0.25, 0.3) is 0 Å². The summed E-state index contributed by atoms with van der Waals surface area (Å²) in [7, 11) is 0. The van der Waals surface area contributed by atoms with Crippen LogP contribution >= 0.6 is 0 Å². The molecule has 1 fully saturated rings. The van der Waals surface area contributed by atoms with Crippen molar-refractivity contribution in [3.63, 3.8) is 0 Å². The molecule has 2 amide bonds. The third kappa shape index (κ3) is 3.46. The maximum atomic E-state index is 12.3. The van der Waals surface area contributed by atoms with Crippen LogP contribution in [0.25, 0.3) is 0 Å². The number of carboxylic acids is 1. The van der Waals surface area contributed by atoms with Gasteiger partial charge in [0, 0.05) is 18.8 Å². The average molecular weight is 277 g/mol. The van der Waals surface area contributed by atoms with E-state index in [1.807, 2.05) is 13.8 Å². The number of aromatic nitrogens is 1. The van der Waals surface area contributed by atoms with E-state index in [-0.39, 0.29) is 23.5 Å². The molecule has 0 saturated heterocycles. The van der Waals surface area contributed by atoms with Crippen molar-refractivity contribution >= 4 is 17.7 Å². The van der Waals surface area contributed by atoms with Gasteiger partial charge in [0.15, 0.2) is 5.69 Å². The van der Waals surface area contributed by atoms with Crippen LogP contribution in [0, 0.1) is 5.92 Å². The first kappa shape index (κ1) is 14.3. The van der Waals surface area contributed by atoms with Gasteiger partial charge in [0.1, 0.15) is 0 Å². The normalized spacial score (nSPS) is 14.2. The van der Waals surface area contributed by atoms with Crippen molar-refractivity contribution in [3.8, 4) is 0 Å². The van der Waals surface area contributed by atoms with Crippen molar-refractivity contribution in [1.29, 1.82) is 0 Å². The molecular weight excluding hydrogens is 258 g/mol. The number of hydrogen-bond acceptors (Lipinski definition) is 3. The zero-order valence-corrected chi connectivity index (χ0v) is 11.7. The molecule has 6 heteroatoms. The lowest BCUT2D eigenvalue weighted by atomic mass is 10.2. The van der Waals surface area contributed by atoms with Gasteiger partial charge in [0.05, 0.1) is 5.69 Å². The Hall–Kier alpha value is -2.11. The van der Waals surface area contributed by atoms with E-state index in [4.69, 9.17) is 5.11 Å². The van der Waals surface area contributed by atoms with Crippen molar-refractivity contribution in [1.82, 2.24) is 9.88 Å². The van der Waals surface area contributed by atoms with E-state index in [0.717, 1.165) is 12.8 Å². The molecule has 1 saturated carbocycles. The second kappa shape index (κ2) is 5.90. The lowest BCUT2D eigenvalue weighted by Gasteiger charge is -2.27. The van der Waals surface area contributed by atoms with Crippen LogP contribution in [-0.4, -0.2) is 39.6 Å². The van der Waals surface area contributed by atoms with Gasteiger partial charge in [-0.15, -0.1) is 0 Å². The van der Waals surface area contributed by atoms with Crippen molar-refractivity contribution in [2.24, 2.45) is 5.92 Å². The average Bonchev–Trinajstić information content (AvgIpc) is 3.19. The minimum atomic E-state index is -1.15. The number of rotatable bonds is 5. The van der Waals surface area contributed by atoms with Gasteiger partial charge < -0.3 is 15.3 Å². The fourth-order valence-corrected chi connectivity index (χ4v) is 1.97. The summed E-state index contributed by atoms with van der Waals surface area (Å²) in [5.74, 6) is -0.574. The van der Waals surface area contributed by atoms with Gasteiger partial charge in [-0.25, -0.2) is 14.6 Å². The molecule has 1 aromatic heterocycles. The molecule has 1 aliphatic rings. The zero-order valence-electron chi connectivity index (χ0n) is 11.7. The van der Waals surface area contributed by atoms with Crippen LogP contribution in [0.4, 0.5) is 10.5 Å². The number of urea groups is 1. The number of amides is 2. The van der Waals surface area contributed by atoms with Crippen LogP contribution in [0.5, 0.6) is 0 Å². The van der Waals surface area contributed by atoms with Gasteiger partial charge in [-0.1, -0.05) is 0 Å². The molecular formula is C14H19N3O3. The van der Waals surface area contributed by atoms with Gasteiger partial charge in [-0.05, 0) is 44.7 Å². The van der Waals surface area contributed by atoms with Crippen LogP contribution in [0.2, 0.25) is 0 Å². The third-order valence-electron chi connectivity index (χ3n) is 3.29. The topological polar surface area (TPSA) is 82.5 Å². The monoisotopic (exact) mass is 277 g/mol. The molecule has 1 aliphatic carbocycles. The van der Waals surface area contributed by atoms with Crippen LogP contribution in [0.3, 0.4) is 0 Å². The summed E-state index contributed by atoms with van der Waals surface area (Å²) in [6, 6.07) is 2.94. The van der Waals surface area contributed by atoms with E-state index in [2.05, 4.69) is 10.3 Å². The van der Waals surface area contributed by atoms with Crippen LogP contribution in [0.15, 0.2) is 18.3 Å². The molecule has 1 heterocycles. The highest BCUT2D eigenvalue weighted by Gasteiger charge is 2.28. The highest BCUT2D eigenvalue weighted by molar-refractivity contribution is 5.98. The van der Waals surface area contributed by atoms with E-state index >= 15 is 0 Å². The number of hydrogen-bond donors (Lipinski definition) is 2. The lowest BCUT2D eigenvalue weighted by molar-refractivity contribution is 0.0691. The number of carbonyl (C=O) groups is 2. The second-order valence-electron chi connectivity index (χ2n) is 5.32. The first-order valence-electron chi connectivity index (χ1n) is 6.75. The smallest absolute Gasteiger partial charge is 0.356 e. The number of carbonyl (C=O) groups excluding carboxylic acids is 1. The molecule has 6 nitrogen and oxygen atoms in total. The summed E-state index contributed by atoms with van der Waals surface area (Å²) < 4.78 is 0. The van der Waals surface area contributed by atoms with E-state index in [1.54, 1.807) is 17.0 Å². The molecule has 0 unspecified atom stereocenters. The SMILES string of the molecule is CC(C)N(CC1CC1)C(=O)Nc1cccnc1C(=O)O. The number of pyridine rings is 1. The molecule has 108 valence electrons. The number of anilines is 1. The molecule has 1 aromatic rings. The van der Waals surface area contributed by atoms with Gasteiger partial charge >= 0.3 is 12.0 Å². The molecule has 0 atom stereocenters. The Morgan fingerprint density at radius 2 is 2.20 bits per heavy atom. The largest absolute Gasteiger partial charge is 0.476 e. The van der Waals surface area contributed by atoms with Crippen molar-refractivity contribution < 1.29 is 14.7 Å². The molecule has 2 N–H and O–H groups in total. The number of nitrogens with one attached hydrogen (secondary N) is 1. The lowest BCUT2D eigenvalue weighted by Crippen LogP contribution is -2.41. The first-order chi connectivity index (χ1) is 9.49. The Kier molecular flexibility index (Phi) is 4.22. The summed E-state index contributed by atoms with van der Waals surface area (Å²) in [6.45, 7) is 4.61. The Labute approximate surface area is 117 Å². The second-order valence-corrected chi connectivity index (χ2v) is 5.32. The molecule has 0 aliphatic heterocycles. The quantitative estimate of drug-likeness (QED) is 0.866. The summed E-state index contributed by atoms with van der Waals surface area (Å²) in [6.07, 6.45) is 3.71. The molecule has 0 aromatic carbocycles. The number of nitrogens with zero attached hydrogens (tertiary/aromatic N) is 2. The minimum Gasteiger partial charge on any atom is -0.476 e. The zero-order chi connectivity index (χ0) is 14.7. The summed E-state index contributed by atoms with van der Waals surface area (Å²) >= 11 is 0. The van der Waals surface area contributed by atoms with E-state index in [1.165, 1.54) is 6.20 Å². The third-order valence-corrected chi connectivity index (χ3v) is 3.29. The first-order valence-corrected chi connectivity index (χ1v) is 6.75. The number of aromatic carboxylic acids is 1. The van der Waals surface area contributed by atoms with Gasteiger partial charge in [-0.3, -0.25) is 0 Å². The molecule has 0 bridgehead atoms. The van der Waals surface area contributed by atoms with Crippen LogP contribution in [0.1, 0.15) is 37.2 Å².